The van der Waals surface area contributed by atoms with Crippen molar-refractivity contribution in [3.05, 3.63) is 0 Å². The Morgan fingerprint density at radius 1 is 1.12 bits per heavy atom. The van der Waals surface area contributed by atoms with E-state index in [1.807, 2.05) is 0 Å². The summed E-state index contributed by atoms with van der Waals surface area (Å²) in [5.41, 5.74) is 0. The number of likely N-dealkylation sites (tertiary alicyclic amines) is 2. The number of carbonyl (C=O) groups is 1. The largest absolute Gasteiger partial charge is 0.325 e. The van der Waals surface area contributed by atoms with E-state index in [-0.39, 0.29) is 6.03 Å². The summed E-state index contributed by atoms with van der Waals surface area (Å²) in [4.78, 5) is 18.8. The molecule has 0 radical (unpaired) electrons. The maximum absolute atomic E-state index is 12.4. The third-order valence-electron chi connectivity index (χ3n) is 3.83. The second-order valence-electron chi connectivity index (χ2n) is 5.58. The van der Waals surface area contributed by atoms with Gasteiger partial charge in [0.25, 0.3) is 0 Å². The van der Waals surface area contributed by atoms with Crippen molar-refractivity contribution in [3.8, 4) is 0 Å². The topological polar surface area (TPSA) is 26.8 Å². The van der Waals surface area contributed by atoms with Gasteiger partial charge in [-0.3, -0.25) is 0 Å². The van der Waals surface area contributed by atoms with E-state index in [9.17, 15) is 4.79 Å². The highest BCUT2D eigenvalue weighted by atomic mass is 16.2. The second kappa shape index (κ2) is 5.71. The number of amides is 2. The molecule has 2 amide bonds. The van der Waals surface area contributed by atoms with E-state index in [1.54, 1.807) is 0 Å². The molecule has 4 heteroatoms. The number of urea groups is 1. The van der Waals surface area contributed by atoms with Crippen LogP contribution in [0.2, 0.25) is 0 Å². The molecule has 0 spiro atoms. The number of piperidine rings is 1. The molecule has 0 bridgehead atoms. The minimum atomic E-state index is 0.286. The van der Waals surface area contributed by atoms with Crippen molar-refractivity contribution in [2.45, 2.75) is 38.1 Å². The zero-order valence-corrected chi connectivity index (χ0v) is 11.2. The van der Waals surface area contributed by atoms with Gasteiger partial charge in [-0.2, -0.15) is 0 Å². The average molecular weight is 239 g/mol. The first-order chi connectivity index (χ1) is 8.18. The Labute approximate surface area is 105 Å². The molecule has 0 aromatic carbocycles. The molecular weight excluding hydrogens is 214 g/mol. The van der Waals surface area contributed by atoms with E-state index >= 15 is 0 Å². The van der Waals surface area contributed by atoms with E-state index in [2.05, 4.69) is 28.8 Å². The van der Waals surface area contributed by atoms with E-state index in [1.165, 1.54) is 19.3 Å². The molecule has 2 rings (SSSR count). The number of likely N-dealkylation sites (N-methyl/N-ethyl adjacent to an activating group) is 1. The van der Waals surface area contributed by atoms with Crippen LogP contribution in [0.15, 0.2) is 0 Å². The molecule has 2 saturated heterocycles. The first-order valence-corrected chi connectivity index (χ1v) is 6.89. The van der Waals surface area contributed by atoms with Crippen molar-refractivity contribution in [1.82, 2.24) is 14.7 Å². The van der Waals surface area contributed by atoms with E-state index < -0.39 is 0 Å². The Bertz CT molecular complexity index is 261. The van der Waals surface area contributed by atoms with E-state index in [0.717, 1.165) is 39.0 Å². The van der Waals surface area contributed by atoms with Gasteiger partial charge in [0.15, 0.2) is 0 Å². The van der Waals surface area contributed by atoms with Gasteiger partial charge < -0.3 is 14.7 Å². The molecule has 98 valence electrons. The Morgan fingerprint density at radius 3 is 2.47 bits per heavy atom. The lowest BCUT2D eigenvalue weighted by molar-refractivity contribution is 0.132. The average Bonchev–Trinajstić information content (AvgIpc) is 2.76. The van der Waals surface area contributed by atoms with Gasteiger partial charge in [0, 0.05) is 32.2 Å². The third-order valence-corrected chi connectivity index (χ3v) is 3.83. The van der Waals surface area contributed by atoms with E-state index in [0.29, 0.717) is 6.04 Å². The van der Waals surface area contributed by atoms with Gasteiger partial charge >= 0.3 is 6.03 Å². The molecular formula is C13H25N3O. The lowest BCUT2D eigenvalue weighted by Gasteiger charge is -2.34. The fraction of sp³-hybridized carbons (Fsp3) is 0.923. The van der Waals surface area contributed by atoms with Crippen LogP contribution < -0.4 is 0 Å². The van der Waals surface area contributed by atoms with Crippen molar-refractivity contribution in [2.75, 3.05) is 40.3 Å². The van der Waals surface area contributed by atoms with Crippen molar-refractivity contribution < 1.29 is 4.79 Å². The summed E-state index contributed by atoms with van der Waals surface area (Å²) in [7, 11) is 4.17. The second-order valence-corrected chi connectivity index (χ2v) is 5.58. The summed E-state index contributed by atoms with van der Waals surface area (Å²) in [5.74, 6) is 0. The molecule has 2 fully saturated rings. The van der Waals surface area contributed by atoms with Crippen LogP contribution in [0.5, 0.6) is 0 Å². The van der Waals surface area contributed by atoms with Crippen molar-refractivity contribution in [2.24, 2.45) is 0 Å². The van der Waals surface area contributed by atoms with Crippen LogP contribution in [0.3, 0.4) is 0 Å². The molecule has 0 aromatic heterocycles. The van der Waals surface area contributed by atoms with Crippen LogP contribution in [0, 0.1) is 0 Å². The number of hydrogen-bond acceptors (Lipinski definition) is 2. The predicted octanol–water partition coefficient (Wildman–Crippen LogP) is 1.62. The number of rotatable bonds is 2. The molecule has 0 saturated carbocycles. The molecule has 1 atom stereocenters. The molecule has 4 nitrogen and oxygen atoms in total. The zero-order chi connectivity index (χ0) is 12.3. The van der Waals surface area contributed by atoms with Gasteiger partial charge in [-0.05, 0) is 46.2 Å². The summed E-state index contributed by atoms with van der Waals surface area (Å²) in [5, 5.41) is 0. The van der Waals surface area contributed by atoms with Crippen molar-refractivity contribution >= 4 is 6.03 Å². The van der Waals surface area contributed by atoms with Crippen LogP contribution in [0.1, 0.15) is 32.1 Å². The predicted molar refractivity (Wildman–Crippen MR) is 69.1 cm³/mol. The Morgan fingerprint density at radius 2 is 1.82 bits per heavy atom. The minimum absolute atomic E-state index is 0.286. The zero-order valence-electron chi connectivity index (χ0n) is 11.2. The fourth-order valence-electron chi connectivity index (χ4n) is 2.97. The molecule has 2 heterocycles. The van der Waals surface area contributed by atoms with Crippen LogP contribution in [0.25, 0.3) is 0 Å². The fourth-order valence-corrected chi connectivity index (χ4v) is 2.97. The standard InChI is InChI=1S/C13H25N3O/c1-14(2)11-12-7-6-10-16(12)13(17)15-8-4-3-5-9-15/h12H,3-11H2,1-2H3. The number of hydrogen-bond donors (Lipinski definition) is 0. The number of carbonyl (C=O) groups excluding carboxylic acids is 1. The summed E-state index contributed by atoms with van der Waals surface area (Å²) in [6.45, 7) is 3.88. The first-order valence-electron chi connectivity index (χ1n) is 6.89. The van der Waals surface area contributed by atoms with Crippen LogP contribution in [0.4, 0.5) is 4.79 Å². The molecule has 0 N–H and O–H groups in total. The monoisotopic (exact) mass is 239 g/mol. The summed E-state index contributed by atoms with van der Waals surface area (Å²) < 4.78 is 0. The Hall–Kier alpha value is -0.770. The molecule has 1 unspecified atom stereocenters. The van der Waals surface area contributed by atoms with Crippen LogP contribution >= 0.6 is 0 Å². The minimum Gasteiger partial charge on any atom is -0.325 e. The van der Waals surface area contributed by atoms with Gasteiger partial charge in [0.05, 0.1) is 0 Å². The highest BCUT2D eigenvalue weighted by Crippen LogP contribution is 2.21. The quantitative estimate of drug-likeness (QED) is 0.732. The maximum Gasteiger partial charge on any atom is 0.320 e. The van der Waals surface area contributed by atoms with Crippen LogP contribution in [-0.2, 0) is 0 Å². The summed E-state index contributed by atoms with van der Waals surface area (Å²) in [6.07, 6.45) is 5.97. The summed E-state index contributed by atoms with van der Waals surface area (Å²) >= 11 is 0. The Balaban J connectivity index is 1.92. The van der Waals surface area contributed by atoms with E-state index in [4.69, 9.17) is 0 Å². The van der Waals surface area contributed by atoms with Crippen molar-refractivity contribution in [3.63, 3.8) is 0 Å². The molecule has 2 aliphatic heterocycles. The number of nitrogens with zero attached hydrogens (tertiary/aromatic N) is 3. The maximum atomic E-state index is 12.4. The molecule has 17 heavy (non-hydrogen) atoms. The van der Waals surface area contributed by atoms with Gasteiger partial charge in [0.2, 0.25) is 0 Å². The smallest absolute Gasteiger partial charge is 0.320 e. The molecule has 2 aliphatic rings. The van der Waals surface area contributed by atoms with Gasteiger partial charge in [-0.15, -0.1) is 0 Å². The van der Waals surface area contributed by atoms with Gasteiger partial charge in [-0.25, -0.2) is 4.79 Å². The Kier molecular flexibility index (Phi) is 4.26. The highest BCUT2D eigenvalue weighted by Gasteiger charge is 2.32. The lowest BCUT2D eigenvalue weighted by Crippen LogP contribution is -2.49. The summed E-state index contributed by atoms with van der Waals surface area (Å²) in [6, 6.07) is 0.716. The lowest BCUT2D eigenvalue weighted by atomic mass is 10.1. The van der Waals surface area contributed by atoms with Gasteiger partial charge in [-0.1, -0.05) is 0 Å². The van der Waals surface area contributed by atoms with Crippen molar-refractivity contribution in [1.29, 1.82) is 0 Å². The normalized spacial score (nSPS) is 25.7. The van der Waals surface area contributed by atoms with Crippen LogP contribution in [-0.4, -0.2) is 67.0 Å². The molecule has 0 aromatic rings. The first kappa shape index (κ1) is 12.7. The van der Waals surface area contributed by atoms with Gasteiger partial charge in [0.1, 0.15) is 0 Å². The SMILES string of the molecule is CN(C)CC1CCCN1C(=O)N1CCCCC1. The third kappa shape index (κ3) is 3.12. The molecule has 0 aliphatic carbocycles. The highest BCUT2D eigenvalue weighted by molar-refractivity contribution is 5.75.